The van der Waals surface area contributed by atoms with Gasteiger partial charge in [-0.3, -0.25) is 9.97 Å². The molecule has 0 atom stereocenters. The minimum atomic E-state index is 0.677. The molecule has 0 bridgehead atoms. The van der Waals surface area contributed by atoms with E-state index in [0.717, 1.165) is 33.7 Å². The van der Waals surface area contributed by atoms with Crippen LogP contribution >= 0.6 is 0 Å². The Kier molecular flexibility index (Phi) is 3.69. The molecule has 4 nitrogen and oxygen atoms in total. The molecule has 106 valence electrons. The summed E-state index contributed by atoms with van der Waals surface area (Å²) in [5, 5.41) is 4.49. The van der Waals surface area contributed by atoms with Crippen LogP contribution in [0.5, 0.6) is 5.75 Å². The summed E-state index contributed by atoms with van der Waals surface area (Å²) in [7, 11) is 1.67. The Morgan fingerprint density at radius 1 is 1.14 bits per heavy atom. The molecule has 1 aromatic carbocycles. The number of rotatable bonds is 4. The van der Waals surface area contributed by atoms with E-state index in [-0.39, 0.29) is 0 Å². The van der Waals surface area contributed by atoms with Gasteiger partial charge >= 0.3 is 0 Å². The molecule has 4 heteroatoms. The highest BCUT2D eigenvalue weighted by molar-refractivity contribution is 5.92. The Morgan fingerprint density at radius 2 is 2.05 bits per heavy atom. The maximum atomic E-state index is 5.30. The lowest BCUT2D eigenvalue weighted by molar-refractivity contribution is 0.415. The quantitative estimate of drug-likeness (QED) is 0.793. The van der Waals surface area contributed by atoms with Crippen molar-refractivity contribution in [3.63, 3.8) is 0 Å². The molecule has 0 fully saturated rings. The zero-order valence-electron chi connectivity index (χ0n) is 12.1. The first-order chi connectivity index (χ1) is 10.3. The van der Waals surface area contributed by atoms with Gasteiger partial charge in [-0.2, -0.15) is 0 Å². The molecule has 0 saturated heterocycles. The fourth-order valence-corrected chi connectivity index (χ4v) is 2.30. The largest absolute Gasteiger partial charge is 0.497 e. The van der Waals surface area contributed by atoms with Gasteiger partial charge in [-0.1, -0.05) is 6.07 Å². The number of hydrogen-bond acceptors (Lipinski definition) is 4. The third kappa shape index (κ3) is 2.94. The lowest BCUT2D eigenvalue weighted by Crippen LogP contribution is -2.02. The van der Waals surface area contributed by atoms with Crippen molar-refractivity contribution in [1.29, 1.82) is 0 Å². The van der Waals surface area contributed by atoms with Crippen molar-refractivity contribution in [3.05, 3.63) is 60.0 Å². The summed E-state index contributed by atoms with van der Waals surface area (Å²) >= 11 is 0. The van der Waals surface area contributed by atoms with E-state index in [1.54, 1.807) is 13.3 Å². The van der Waals surface area contributed by atoms with Gasteiger partial charge in [-0.15, -0.1) is 0 Å². The number of anilines is 1. The van der Waals surface area contributed by atoms with Crippen LogP contribution in [0.25, 0.3) is 10.9 Å². The predicted molar refractivity (Wildman–Crippen MR) is 84.6 cm³/mol. The summed E-state index contributed by atoms with van der Waals surface area (Å²) in [5.41, 5.74) is 3.99. The lowest BCUT2D eigenvalue weighted by Gasteiger charge is -2.11. The van der Waals surface area contributed by atoms with Crippen LogP contribution in [0.15, 0.2) is 48.7 Å². The standard InChI is InChI=1S/C17H17N3O/c1-12-9-17(19-11-13-5-3-4-8-18-13)15-10-14(21-2)6-7-16(15)20-12/h3-10H,11H2,1-2H3,(H,19,20). The molecular weight excluding hydrogens is 262 g/mol. The molecule has 0 radical (unpaired) electrons. The number of hydrogen-bond donors (Lipinski definition) is 1. The highest BCUT2D eigenvalue weighted by atomic mass is 16.5. The van der Waals surface area contributed by atoms with E-state index in [2.05, 4.69) is 15.3 Å². The molecule has 3 rings (SSSR count). The molecule has 0 amide bonds. The molecule has 3 aromatic rings. The van der Waals surface area contributed by atoms with Crippen molar-refractivity contribution in [2.45, 2.75) is 13.5 Å². The van der Waals surface area contributed by atoms with E-state index in [1.165, 1.54) is 0 Å². The number of aromatic nitrogens is 2. The van der Waals surface area contributed by atoms with Gasteiger partial charge in [0.25, 0.3) is 0 Å². The van der Waals surface area contributed by atoms with Gasteiger partial charge in [0.15, 0.2) is 0 Å². The Balaban J connectivity index is 1.96. The third-order valence-electron chi connectivity index (χ3n) is 3.33. The molecule has 2 heterocycles. The molecule has 0 aliphatic carbocycles. The average molecular weight is 279 g/mol. The van der Waals surface area contributed by atoms with Gasteiger partial charge in [-0.25, -0.2) is 0 Å². The third-order valence-corrected chi connectivity index (χ3v) is 3.33. The Morgan fingerprint density at radius 3 is 2.81 bits per heavy atom. The van der Waals surface area contributed by atoms with Gasteiger partial charge in [0.1, 0.15) is 5.75 Å². The average Bonchev–Trinajstić information content (AvgIpc) is 2.53. The minimum absolute atomic E-state index is 0.677. The van der Waals surface area contributed by atoms with Crippen molar-refractivity contribution in [3.8, 4) is 5.75 Å². The number of fused-ring (bicyclic) bond motifs is 1. The smallest absolute Gasteiger partial charge is 0.119 e. The first-order valence-electron chi connectivity index (χ1n) is 6.85. The number of pyridine rings is 2. The van der Waals surface area contributed by atoms with Gasteiger partial charge in [0.2, 0.25) is 0 Å². The highest BCUT2D eigenvalue weighted by Crippen LogP contribution is 2.27. The summed E-state index contributed by atoms with van der Waals surface area (Å²) in [6, 6.07) is 13.9. The van der Waals surface area contributed by atoms with Crippen molar-refractivity contribution < 1.29 is 4.74 Å². The van der Waals surface area contributed by atoms with Crippen LogP contribution in [0.1, 0.15) is 11.4 Å². The van der Waals surface area contributed by atoms with E-state index >= 15 is 0 Å². The number of aryl methyl sites for hydroxylation is 1. The summed E-state index contributed by atoms with van der Waals surface area (Å²) < 4.78 is 5.30. The summed E-state index contributed by atoms with van der Waals surface area (Å²) in [4.78, 5) is 8.88. The van der Waals surface area contributed by atoms with Gasteiger partial charge in [-0.05, 0) is 43.3 Å². The maximum Gasteiger partial charge on any atom is 0.119 e. The van der Waals surface area contributed by atoms with Crippen molar-refractivity contribution in [2.24, 2.45) is 0 Å². The first-order valence-corrected chi connectivity index (χ1v) is 6.85. The molecule has 0 spiro atoms. The summed E-state index contributed by atoms with van der Waals surface area (Å²) in [6.45, 7) is 2.67. The van der Waals surface area contributed by atoms with E-state index < -0.39 is 0 Å². The number of methoxy groups -OCH3 is 1. The second-order valence-electron chi connectivity index (χ2n) is 4.87. The van der Waals surface area contributed by atoms with E-state index in [4.69, 9.17) is 4.74 Å². The molecule has 0 saturated carbocycles. The monoisotopic (exact) mass is 279 g/mol. The molecule has 1 N–H and O–H groups in total. The van der Waals surface area contributed by atoms with E-state index in [0.29, 0.717) is 6.54 Å². The zero-order chi connectivity index (χ0) is 14.7. The Hall–Kier alpha value is -2.62. The van der Waals surface area contributed by atoms with Crippen LogP contribution in [0.2, 0.25) is 0 Å². The van der Waals surface area contributed by atoms with Crippen LogP contribution in [-0.2, 0) is 6.54 Å². The molecule has 0 unspecified atom stereocenters. The van der Waals surface area contributed by atoms with Crippen molar-refractivity contribution >= 4 is 16.6 Å². The molecule has 21 heavy (non-hydrogen) atoms. The molecule has 0 aliphatic rings. The topological polar surface area (TPSA) is 47.0 Å². The number of nitrogens with one attached hydrogen (secondary N) is 1. The first kappa shape index (κ1) is 13.4. The van der Waals surface area contributed by atoms with Crippen LogP contribution in [0.3, 0.4) is 0 Å². The SMILES string of the molecule is COc1ccc2nc(C)cc(NCc3ccccn3)c2c1. The molecule has 0 aliphatic heterocycles. The lowest BCUT2D eigenvalue weighted by atomic mass is 10.1. The normalized spacial score (nSPS) is 10.6. The van der Waals surface area contributed by atoms with Gasteiger partial charge in [0.05, 0.1) is 24.9 Å². The maximum absolute atomic E-state index is 5.30. The predicted octanol–water partition coefficient (Wildman–Crippen LogP) is 3.56. The minimum Gasteiger partial charge on any atom is -0.497 e. The fourth-order valence-electron chi connectivity index (χ4n) is 2.30. The van der Waals surface area contributed by atoms with Gasteiger partial charge < -0.3 is 10.1 Å². The second kappa shape index (κ2) is 5.79. The molecule has 2 aromatic heterocycles. The van der Waals surface area contributed by atoms with E-state index in [1.807, 2.05) is 49.4 Å². The molecular formula is C17H17N3O. The summed E-state index contributed by atoms with van der Waals surface area (Å²) in [6.07, 6.45) is 1.80. The second-order valence-corrected chi connectivity index (χ2v) is 4.87. The fraction of sp³-hybridized carbons (Fsp3) is 0.176. The van der Waals surface area contributed by atoms with Gasteiger partial charge in [0, 0.05) is 23.0 Å². The van der Waals surface area contributed by atoms with Crippen molar-refractivity contribution in [1.82, 2.24) is 9.97 Å². The number of ether oxygens (including phenoxy) is 1. The van der Waals surface area contributed by atoms with Crippen LogP contribution in [0.4, 0.5) is 5.69 Å². The van der Waals surface area contributed by atoms with Crippen LogP contribution < -0.4 is 10.1 Å². The van der Waals surface area contributed by atoms with Crippen LogP contribution in [-0.4, -0.2) is 17.1 Å². The Labute approximate surface area is 123 Å². The Bertz CT molecular complexity index is 757. The summed E-state index contributed by atoms with van der Waals surface area (Å²) in [5.74, 6) is 0.828. The van der Waals surface area contributed by atoms with E-state index in [9.17, 15) is 0 Å². The number of benzene rings is 1. The number of nitrogens with zero attached hydrogens (tertiary/aromatic N) is 2. The van der Waals surface area contributed by atoms with Crippen LogP contribution in [0, 0.1) is 6.92 Å². The van der Waals surface area contributed by atoms with Crippen molar-refractivity contribution in [2.75, 3.05) is 12.4 Å². The zero-order valence-corrected chi connectivity index (χ0v) is 12.1. The highest BCUT2D eigenvalue weighted by Gasteiger charge is 2.06.